The van der Waals surface area contributed by atoms with Crippen molar-refractivity contribution in [1.82, 2.24) is 5.32 Å². The highest BCUT2D eigenvalue weighted by atomic mass is 16.5. The summed E-state index contributed by atoms with van der Waals surface area (Å²) >= 11 is 0. The van der Waals surface area contributed by atoms with Gasteiger partial charge in [-0.3, -0.25) is 0 Å². The van der Waals surface area contributed by atoms with E-state index in [2.05, 4.69) is 5.32 Å². The number of para-hydroxylation sites is 1. The van der Waals surface area contributed by atoms with Crippen LogP contribution in [0.4, 0.5) is 0 Å². The molecule has 2 nitrogen and oxygen atoms in total. The first-order chi connectivity index (χ1) is 12.9. The fraction of sp³-hybridized carbons (Fsp3) is 0.294. The summed E-state index contributed by atoms with van der Waals surface area (Å²) in [5.74, 6) is 0.304. The highest BCUT2D eigenvalue weighted by molar-refractivity contribution is 5.33. The molecule has 1 atom stereocenters. The lowest BCUT2D eigenvalue weighted by Crippen LogP contribution is -2.16. The molecule has 19 heavy (non-hydrogen) atoms. The Morgan fingerprint density at radius 1 is 1.32 bits per heavy atom. The van der Waals surface area contributed by atoms with Crippen LogP contribution in [0.5, 0.6) is 5.75 Å². The van der Waals surface area contributed by atoms with E-state index < -0.39 is 43.3 Å². The zero-order valence-electron chi connectivity index (χ0n) is 19.6. The summed E-state index contributed by atoms with van der Waals surface area (Å²) in [7, 11) is 0. The molecule has 0 aliphatic heterocycles. The summed E-state index contributed by atoms with van der Waals surface area (Å²) < 4.78 is 76.2. The average Bonchev–Trinajstić information content (AvgIpc) is 2.59. The lowest BCUT2D eigenvalue weighted by atomic mass is 10.1. The van der Waals surface area contributed by atoms with Gasteiger partial charge >= 0.3 is 0 Å². The quantitative estimate of drug-likeness (QED) is 0.858. The number of rotatable bonds is 6. The van der Waals surface area contributed by atoms with E-state index in [9.17, 15) is 0 Å². The van der Waals surface area contributed by atoms with E-state index in [1.54, 1.807) is 31.2 Å². The Balaban J connectivity index is 2.57. The molecule has 0 radical (unpaired) electrons. The molecular formula is C17H21NO. The Bertz CT molecular complexity index is 839. The second kappa shape index (κ2) is 6.95. The maximum Gasteiger partial charge on any atom is 0.125 e. The first-order valence-corrected chi connectivity index (χ1v) is 5.94. The van der Waals surface area contributed by atoms with Gasteiger partial charge in [-0.1, -0.05) is 48.4 Å². The van der Waals surface area contributed by atoms with Crippen molar-refractivity contribution in [3.63, 3.8) is 0 Å². The van der Waals surface area contributed by atoms with Gasteiger partial charge in [-0.2, -0.15) is 0 Å². The Morgan fingerprint density at radius 3 is 2.84 bits per heavy atom. The highest BCUT2D eigenvalue weighted by Gasteiger charge is 2.13. The first kappa shape index (κ1) is 6.10. The summed E-state index contributed by atoms with van der Waals surface area (Å²) in [6.07, 6.45) is -2.36. The molecule has 100 valence electrons. The normalized spacial score (nSPS) is 21.2. The van der Waals surface area contributed by atoms with Crippen LogP contribution < -0.4 is 10.1 Å². The SMILES string of the molecule is [2H]c1c([2H])c([2H])c(C([2H])(CCNC([2H])([2H])[2H])Oc2ccccc2C)c([2H])c1[2H]. The lowest BCUT2D eigenvalue weighted by Gasteiger charge is -2.20. The van der Waals surface area contributed by atoms with Gasteiger partial charge in [0.1, 0.15) is 11.8 Å². The van der Waals surface area contributed by atoms with Gasteiger partial charge in [0.25, 0.3) is 0 Å². The third-order valence-electron chi connectivity index (χ3n) is 2.58. The van der Waals surface area contributed by atoms with Crippen molar-refractivity contribution in [2.45, 2.75) is 19.4 Å². The van der Waals surface area contributed by atoms with Crippen molar-refractivity contribution in [3.05, 3.63) is 65.6 Å². The van der Waals surface area contributed by atoms with Gasteiger partial charge in [-0.05, 0) is 37.6 Å². The van der Waals surface area contributed by atoms with Gasteiger partial charge in [-0.25, -0.2) is 0 Å². The van der Waals surface area contributed by atoms with Crippen molar-refractivity contribution in [2.24, 2.45) is 0 Å². The Labute approximate surface area is 128 Å². The van der Waals surface area contributed by atoms with Crippen LogP contribution in [0.25, 0.3) is 0 Å². The molecule has 2 aromatic carbocycles. The van der Waals surface area contributed by atoms with Crippen LogP contribution in [0, 0.1) is 6.92 Å². The molecule has 0 aliphatic rings. The monoisotopic (exact) mass is 264 g/mol. The van der Waals surface area contributed by atoms with E-state index in [-0.39, 0.29) is 18.5 Å². The highest BCUT2D eigenvalue weighted by Crippen LogP contribution is 2.26. The molecular weight excluding hydrogens is 234 g/mol. The lowest BCUT2D eigenvalue weighted by molar-refractivity contribution is 0.193. The molecule has 0 saturated heterocycles. The second-order valence-corrected chi connectivity index (χ2v) is 3.97. The van der Waals surface area contributed by atoms with E-state index in [1.165, 1.54) is 0 Å². The average molecular weight is 264 g/mol. The fourth-order valence-corrected chi connectivity index (χ4v) is 1.60. The Kier molecular flexibility index (Phi) is 2.23. The van der Waals surface area contributed by atoms with Crippen molar-refractivity contribution in [1.29, 1.82) is 0 Å². The van der Waals surface area contributed by atoms with Gasteiger partial charge < -0.3 is 10.1 Å². The minimum Gasteiger partial charge on any atom is -0.485 e. The summed E-state index contributed by atoms with van der Waals surface area (Å²) in [6, 6.07) is 3.97. The predicted molar refractivity (Wildman–Crippen MR) is 79.5 cm³/mol. The molecule has 0 saturated carbocycles. The topological polar surface area (TPSA) is 21.3 Å². The molecule has 2 rings (SSSR count). The van der Waals surface area contributed by atoms with Crippen molar-refractivity contribution < 1.29 is 17.1 Å². The van der Waals surface area contributed by atoms with Crippen LogP contribution in [0.2, 0.25) is 0 Å². The van der Waals surface area contributed by atoms with Crippen LogP contribution in [-0.4, -0.2) is 13.5 Å². The zero-order chi connectivity index (χ0) is 21.3. The van der Waals surface area contributed by atoms with Gasteiger partial charge in [0.2, 0.25) is 0 Å². The van der Waals surface area contributed by atoms with E-state index in [4.69, 9.17) is 17.1 Å². The van der Waals surface area contributed by atoms with Crippen molar-refractivity contribution in [2.75, 3.05) is 13.5 Å². The van der Waals surface area contributed by atoms with Crippen LogP contribution in [0.3, 0.4) is 0 Å². The molecule has 0 heterocycles. The summed E-state index contributed by atoms with van der Waals surface area (Å²) in [5.41, 5.74) is 0.351. The van der Waals surface area contributed by atoms with Crippen LogP contribution in [0.1, 0.15) is 36.0 Å². The van der Waals surface area contributed by atoms with Gasteiger partial charge in [0, 0.05) is 10.5 Å². The molecule has 0 bridgehead atoms. The molecule has 0 aliphatic carbocycles. The van der Waals surface area contributed by atoms with Gasteiger partial charge in [-0.15, -0.1) is 0 Å². The maximum absolute atomic E-state index is 8.84. The number of hydrogen-bond acceptors (Lipinski definition) is 2. The number of hydrogen-bond donors (Lipinski definition) is 1. The minimum atomic E-state index is -2.44. The molecule has 1 N–H and O–H groups in total. The predicted octanol–water partition coefficient (Wildman–Crippen LogP) is 3.72. The third kappa shape index (κ3) is 3.83. The number of benzene rings is 2. The van der Waals surface area contributed by atoms with Crippen molar-refractivity contribution >= 4 is 0 Å². The van der Waals surface area contributed by atoms with E-state index in [0.717, 1.165) is 0 Å². The Morgan fingerprint density at radius 2 is 2.11 bits per heavy atom. The molecule has 0 amide bonds. The standard InChI is InChI=1S/C17H21NO/c1-14-8-6-7-11-16(14)19-17(12-13-18-2)15-9-4-3-5-10-15/h3-11,17-18H,12-13H2,1-2H3/i2D3,3D,4D,5D,9D,10D,17D. The largest absolute Gasteiger partial charge is 0.485 e. The number of ether oxygens (including phenoxy) is 1. The van der Waals surface area contributed by atoms with Crippen LogP contribution in [0.15, 0.2) is 54.5 Å². The van der Waals surface area contributed by atoms with E-state index in [0.29, 0.717) is 11.3 Å². The van der Waals surface area contributed by atoms with Crippen molar-refractivity contribution in [3.8, 4) is 5.75 Å². The molecule has 2 aromatic rings. The molecule has 2 heteroatoms. The first-order valence-electron chi connectivity index (χ1n) is 10.4. The summed E-state index contributed by atoms with van der Waals surface area (Å²) in [6.45, 7) is -0.879. The number of nitrogens with one attached hydrogen (secondary N) is 1. The van der Waals surface area contributed by atoms with Crippen LogP contribution >= 0.6 is 0 Å². The van der Waals surface area contributed by atoms with E-state index in [1.807, 2.05) is 0 Å². The minimum absolute atomic E-state index is 0.186. The molecule has 0 spiro atoms. The molecule has 0 aromatic heterocycles. The van der Waals surface area contributed by atoms with Gasteiger partial charge in [0.15, 0.2) is 0 Å². The molecule has 1 unspecified atom stereocenters. The third-order valence-corrected chi connectivity index (χ3v) is 2.58. The zero-order valence-corrected chi connectivity index (χ0v) is 10.6. The summed E-state index contributed by atoms with van der Waals surface area (Å²) in [4.78, 5) is 0. The van der Waals surface area contributed by atoms with E-state index >= 15 is 0 Å². The smallest absolute Gasteiger partial charge is 0.125 e. The number of aryl methyl sites for hydroxylation is 1. The van der Waals surface area contributed by atoms with Gasteiger partial charge in [0.05, 0.1) is 8.22 Å². The summed E-state index contributed by atoms with van der Waals surface area (Å²) in [5, 5.41) is 2.27. The molecule has 0 fully saturated rings. The Hall–Kier alpha value is -1.80. The van der Waals surface area contributed by atoms with Crippen LogP contribution in [-0.2, 0) is 0 Å². The second-order valence-electron chi connectivity index (χ2n) is 3.97. The maximum atomic E-state index is 8.84. The fourth-order valence-electron chi connectivity index (χ4n) is 1.60.